The molecule has 2 aromatic rings. The molecule has 5 heteroatoms. The van der Waals surface area contributed by atoms with Crippen molar-refractivity contribution < 1.29 is 9.63 Å². The molecule has 0 aliphatic heterocycles. The lowest BCUT2D eigenvalue weighted by atomic mass is 10.1. The maximum atomic E-state index is 8.73. The quantitative estimate of drug-likeness (QED) is 0.925. The van der Waals surface area contributed by atoms with Gasteiger partial charge in [-0.15, -0.1) is 0 Å². The van der Waals surface area contributed by atoms with Crippen LogP contribution < -0.4 is 0 Å². The third-order valence-electron chi connectivity index (χ3n) is 2.35. The molecule has 0 spiro atoms. The van der Waals surface area contributed by atoms with E-state index in [4.69, 9.17) is 32.8 Å². The Balaban J connectivity index is 2.24. The van der Waals surface area contributed by atoms with Crippen LogP contribution >= 0.6 is 23.2 Å². The van der Waals surface area contributed by atoms with E-state index < -0.39 is 0 Å². The van der Waals surface area contributed by atoms with Crippen LogP contribution in [0.15, 0.2) is 28.8 Å². The summed E-state index contributed by atoms with van der Waals surface area (Å²) in [5.41, 5.74) is 1.47. The summed E-state index contributed by atoms with van der Waals surface area (Å²) < 4.78 is 5.15. The Labute approximate surface area is 109 Å². The van der Waals surface area contributed by atoms with Crippen molar-refractivity contribution in [3.63, 3.8) is 0 Å². The van der Waals surface area contributed by atoms with Gasteiger partial charge in [-0.05, 0) is 24.6 Å². The van der Waals surface area contributed by atoms with Gasteiger partial charge in [0.1, 0.15) is 11.5 Å². The summed E-state index contributed by atoms with van der Waals surface area (Å²) in [4.78, 5) is 0. The molecule has 1 N–H and O–H groups in total. The molecule has 90 valence electrons. The van der Waals surface area contributed by atoms with Gasteiger partial charge in [-0.25, -0.2) is 0 Å². The summed E-state index contributed by atoms with van der Waals surface area (Å²) in [5.74, 6) is 0.736. The van der Waals surface area contributed by atoms with Crippen molar-refractivity contribution in [1.82, 2.24) is 5.16 Å². The highest BCUT2D eigenvalue weighted by Crippen LogP contribution is 2.30. The second kappa shape index (κ2) is 5.54. The van der Waals surface area contributed by atoms with Crippen LogP contribution in [-0.2, 0) is 6.42 Å². The first kappa shape index (κ1) is 12.4. The van der Waals surface area contributed by atoms with Crippen molar-refractivity contribution in [3.05, 3.63) is 40.1 Å². The third-order valence-corrected chi connectivity index (χ3v) is 2.90. The summed E-state index contributed by atoms with van der Waals surface area (Å²) in [6.45, 7) is 0.137. The molecule has 0 amide bonds. The van der Waals surface area contributed by atoms with Crippen LogP contribution in [-0.4, -0.2) is 16.9 Å². The zero-order valence-electron chi connectivity index (χ0n) is 8.99. The number of aromatic nitrogens is 1. The van der Waals surface area contributed by atoms with Gasteiger partial charge in [0.15, 0.2) is 0 Å². The van der Waals surface area contributed by atoms with Crippen LogP contribution in [0.3, 0.4) is 0 Å². The third kappa shape index (κ3) is 3.00. The molecule has 2 rings (SSSR count). The first-order valence-electron chi connectivity index (χ1n) is 5.22. The molecule has 0 radical (unpaired) electrons. The largest absolute Gasteiger partial charge is 0.396 e. The normalized spacial score (nSPS) is 10.8. The van der Waals surface area contributed by atoms with E-state index in [1.165, 1.54) is 0 Å². The van der Waals surface area contributed by atoms with Gasteiger partial charge in [-0.2, -0.15) is 0 Å². The summed E-state index contributed by atoms with van der Waals surface area (Å²) >= 11 is 11.9. The second-order valence-electron chi connectivity index (χ2n) is 3.63. The number of nitrogens with zero attached hydrogens (tertiary/aromatic N) is 1. The van der Waals surface area contributed by atoms with Crippen molar-refractivity contribution in [3.8, 4) is 11.3 Å². The summed E-state index contributed by atoms with van der Waals surface area (Å²) in [6, 6.07) is 7.05. The first-order valence-corrected chi connectivity index (χ1v) is 5.98. The number of hydrogen-bond donors (Lipinski definition) is 1. The molecular weight excluding hydrogens is 261 g/mol. The molecule has 3 nitrogen and oxygen atoms in total. The minimum Gasteiger partial charge on any atom is -0.396 e. The molecule has 1 heterocycles. The van der Waals surface area contributed by atoms with Crippen molar-refractivity contribution in [2.45, 2.75) is 12.8 Å². The van der Waals surface area contributed by atoms with Crippen LogP contribution in [0.25, 0.3) is 11.3 Å². The Bertz CT molecular complexity index is 511. The Morgan fingerprint density at radius 1 is 1.24 bits per heavy atom. The fraction of sp³-hybridized carbons (Fsp3) is 0.250. The summed E-state index contributed by atoms with van der Waals surface area (Å²) in [7, 11) is 0. The van der Waals surface area contributed by atoms with Crippen molar-refractivity contribution >= 4 is 23.2 Å². The van der Waals surface area contributed by atoms with Crippen LogP contribution in [0, 0.1) is 0 Å². The first-order chi connectivity index (χ1) is 8.20. The van der Waals surface area contributed by atoms with Crippen LogP contribution in [0.5, 0.6) is 0 Å². The van der Waals surface area contributed by atoms with Crippen LogP contribution in [0.4, 0.5) is 0 Å². The molecule has 0 fully saturated rings. The van der Waals surface area contributed by atoms with E-state index >= 15 is 0 Å². The molecule has 1 aromatic carbocycles. The SMILES string of the molecule is OCCCc1cc(-c2ccc(Cl)cc2Cl)no1. The number of aliphatic hydroxyl groups excluding tert-OH is 1. The van der Waals surface area contributed by atoms with Gasteiger partial charge >= 0.3 is 0 Å². The van der Waals surface area contributed by atoms with E-state index in [0.29, 0.717) is 28.6 Å². The van der Waals surface area contributed by atoms with Gasteiger partial charge in [0, 0.05) is 29.7 Å². The Morgan fingerprint density at radius 3 is 2.76 bits per heavy atom. The topological polar surface area (TPSA) is 46.3 Å². The molecule has 17 heavy (non-hydrogen) atoms. The van der Waals surface area contributed by atoms with E-state index in [9.17, 15) is 0 Å². The number of aryl methyl sites for hydroxylation is 1. The highest BCUT2D eigenvalue weighted by Gasteiger charge is 2.10. The van der Waals surface area contributed by atoms with Gasteiger partial charge in [-0.1, -0.05) is 28.4 Å². The van der Waals surface area contributed by atoms with Gasteiger partial charge < -0.3 is 9.63 Å². The highest BCUT2D eigenvalue weighted by atomic mass is 35.5. The molecular formula is C12H11Cl2NO2. The summed E-state index contributed by atoms with van der Waals surface area (Å²) in [5, 5.41) is 13.8. The number of hydrogen-bond acceptors (Lipinski definition) is 3. The lowest BCUT2D eigenvalue weighted by Crippen LogP contribution is -1.86. The molecule has 0 unspecified atom stereocenters. The van der Waals surface area contributed by atoms with Gasteiger partial charge in [0.25, 0.3) is 0 Å². The van der Waals surface area contributed by atoms with Crippen molar-refractivity contribution in [2.24, 2.45) is 0 Å². The van der Waals surface area contributed by atoms with E-state index in [2.05, 4.69) is 5.16 Å². The van der Waals surface area contributed by atoms with Crippen molar-refractivity contribution in [1.29, 1.82) is 0 Å². The molecule has 0 bridgehead atoms. The smallest absolute Gasteiger partial charge is 0.137 e. The predicted molar refractivity (Wildman–Crippen MR) is 67.4 cm³/mol. The fourth-order valence-electron chi connectivity index (χ4n) is 1.51. The average Bonchev–Trinajstić information content (AvgIpc) is 2.75. The molecule has 0 saturated heterocycles. The predicted octanol–water partition coefficient (Wildman–Crippen LogP) is 3.57. The van der Waals surface area contributed by atoms with Gasteiger partial charge in [-0.3, -0.25) is 0 Å². The fourth-order valence-corrected chi connectivity index (χ4v) is 2.01. The number of rotatable bonds is 4. The number of benzene rings is 1. The Kier molecular flexibility index (Phi) is 4.05. The standard InChI is InChI=1S/C12H11Cl2NO2/c13-8-3-4-10(11(14)6-8)12-7-9(17-15-12)2-1-5-16/h3-4,6-7,16H,1-2,5H2. The lowest BCUT2D eigenvalue weighted by molar-refractivity contribution is 0.280. The van der Waals surface area contributed by atoms with E-state index in [0.717, 1.165) is 11.3 Å². The maximum absolute atomic E-state index is 8.73. The van der Waals surface area contributed by atoms with Crippen LogP contribution in [0.2, 0.25) is 10.0 Å². The van der Waals surface area contributed by atoms with E-state index in [1.807, 2.05) is 6.07 Å². The molecule has 0 aliphatic rings. The number of halogens is 2. The Hall–Kier alpha value is -1.03. The monoisotopic (exact) mass is 271 g/mol. The minimum absolute atomic E-state index is 0.137. The lowest BCUT2D eigenvalue weighted by Gasteiger charge is -1.99. The average molecular weight is 272 g/mol. The van der Waals surface area contributed by atoms with Gasteiger partial charge in [0.05, 0.1) is 5.02 Å². The molecule has 0 saturated carbocycles. The van der Waals surface area contributed by atoms with E-state index in [-0.39, 0.29) is 6.61 Å². The Morgan fingerprint density at radius 2 is 2.06 bits per heavy atom. The molecule has 0 aliphatic carbocycles. The minimum atomic E-state index is 0.137. The highest BCUT2D eigenvalue weighted by molar-refractivity contribution is 6.36. The molecule has 0 atom stereocenters. The van der Waals surface area contributed by atoms with Crippen molar-refractivity contribution in [2.75, 3.05) is 6.61 Å². The maximum Gasteiger partial charge on any atom is 0.137 e. The number of aliphatic hydroxyl groups is 1. The van der Waals surface area contributed by atoms with E-state index in [1.54, 1.807) is 18.2 Å². The second-order valence-corrected chi connectivity index (χ2v) is 4.47. The zero-order chi connectivity index (χ0) is 12.3. The van der Waals surface area contributed by atoms with Gasteiger partial charge in [0.2, 0.25) is 0 Å². The zero-order valence-corrected chi connectivity index (χ0v) is 10.5. The molecule has 1 aromatic heterocycles. The van der Waals surface area contributed by atoms with Crippen LogP contribution in [0.1, 0.15) is 12.2 Å². The summed E-state index contributed by atoms with van der Waals surface area (Å²) in [6.07, 6.45) is 1.32.